The second-order valence-electron chi connectivity index (χ2n) is 8.05. The number of carboxylic acid groups (broad SMARTS) is 1. The zero-order valence-electron chi connectivity index (χ0n) is 17.8. The Morgan fingerprint density at radius 1 is 1.06 bits per heavy atom. The molecular formula is C24H22INO5S. The molecule has 1 aromatic heterocycles. The average Bonchev–Trinajstić information content (AvgIpc) is 3.11. The van der Waals surface area contributed by atoms with Crippen molar-refractivity contribution in [1.82, 2.24) is 0 Å². The average molecular weight is 563 g/mol. The zero-order chi connectivity index (χ0) is 23.5. The van der Waals surface area contributed by atoms with Crippen molar-refractivity contribution in [3.63, 3.8) is 0 Å². The van der Waals surface area contributed by atoms with Gasteiger partial charge in [0.2, 0.25) is 5.78 Å². The summed E-state index contributed by atoms with van der Waals surface area (Å²) in [6.07, 6.45) is -0.780. The second-order valence-corrected chi connectivity index (χ2v) is 10.3. The molecule has 0 atom stereocenters. The van der Waals surface area contributed by atoms with Gasteiger partial charge in [0.25, 0.3) is 0 Å². The Bertz CT molecular complexity index is 1160. The molecule has 3 rings (SSSR count). The Morgan fingerprint density at radius 2 is 1.75 bits per heavy atom. The molecule has 0 spiro atoms. The number of carbonyl (C=O) groups is 3. The molecule has 0 aliphatic rings. The number of benzene rings is 2. The lowest BCUT2D eigenvalue weighted by molar-refractivity contribution is -0.136. The van der Waals surface area contributed by atoms with E-state index >= 15 is 0 Å². The molecule has 2 aromatic carbocycles. The van der Waals surface area contributed by atoms with Gasteiger partial charge in [-0.1, -0.05) is 30.3 Å². The third kappa shape index (κ3) is 6.17. The van der Waals surface area contributed by atoms with Crippen LogP contribution >= 0.6 is 33.9 Å². The molecule has 2 N–H and O–H groups in total. The summed E-state index contributed by atoms with van der Waals surface area (Å²) >= 11 is 3.33. The molecule has 8 heteroatoms. The van der Waals surface area contributed by atoms with Gasteiger partial charge in [0, 0.05) is 14.0 Å². The van der Waals surface area contributed by atoms with Gasteiger partial charge < -0.3 is 9.84 Å². The molecule has 0 bridgehead atoms. The number of ketones is 1. The fourth-order valence-corrected chi connectivity index (χ4v) is 4.60. The number of aliphatic carboxylic acids is 1. The van der Waals surface area contributed by atoms with E-state index in [1.54, 1.807) is 45.0 Å². The first-order valence-electron chi connectivity index (χ1n) is 9.77. The van der Waals surface area contributed by atoms with Crippen molar-refractivity contribution in [2.45, 2.75) is 32.8 Å². The predicted octanol–water partition coefficient (Wildman–Crippen LogP) is 6.22. The Balaban J connectivity index is 1.93. The van der Waals surface area contributed by atoms with E-state index in [9.17, 15) is 19.5 Å². The number of halogens is 1. The van der Waals surface area contributed by atoms with Gasteiger partial charge in [-0.3, -0.25) is 14.9 Å². The van der Waals surface area contributed by atoms with E-state index in [0.29, 0.717) is 21.7 Å². The van der Waals surface area contributed by atoms with Gasteiger partial charge in [0.05, 0.1) is 17.0 Å². The van der Waals surface area contributed by atoms with Crippen molar-refractivity contribution >= 4 is 57.5 Å². The highest BCUT2D eigenvalue weighted by Gasteiger charge is 2.21. The minimum Gasteiger partial charge on any atom is -0.481 e. The van der Waals surface area contributed by atoms with Crippen LogP contribution < -0.4 is 5.32 Å². The smallest absolute Gasteiger partial charge is 0.412 e. The first kappa shape index (κ1) is 23.9. The van der Waals surface area contributed by atoms with E-state index in [0.717, 1.165) is 14.0 Å². The third-order valence-electron chi connectivity index (χ3n) is 4.27. The SMILES string of the molecule is CC(C)(C)OC(=O)Nc1cc(C(=O)c2cc(CC(=O)O)c(-c3ccccc3)s2)ccc1I. The van der Waals surface area contributed by atoms with Gasteiger partial charge >= 0.3 is 12.1 Å². The van der Waals surface area contributed by atoms with Crippen LogP contribution in [-0.2, 0) is 16.0 Å². The van der Waals surface area contributed by atoms with Crippen molar-refractivity contribution in [2.75, 3.05) is 5.32 Å². The molecule has 166 valence electrons. The lowest BCUT2D eigenvalue weighted by Crippen LogP contribution is -2.27. The third-order valence-corrected chi connectivity index (χ3v) is 6.44. The van der Waals surface area contributed by atoms with Crippen molar-refractivity contribution in [3.8, 4) is 10.4 Å². The maximum absolute atomic E-state index is 13.2. The Kier molecular flexibility index (Phi) is 7.35. The molecule has 0 saturated heterocycles. The number of ether oxygens (including phenoxy) is 1. The summed E-state index contributed by atoms with van der Waals surface area (Å²) in [6.45, 7) is 5.31. The number of carbonyl (C=O) groups excluding carboxylic acids is 2. The highest BCUT2D eigenvalue weighted by Crippen LogP contribution is 2.35. The van der Waals surface area contributed by atoms with Crippen LogP contribution in [0.15, 0.2) is 54.6 Å². The van der Waals surface area contributed by atoms with Crippen LogP contribution in [0.3, 0.4) is 0 Å². The van der Waals surface area contributed by atoms with Gasteiger partial charge in [-0.05, 0) is 78.8 Å². The Morgan fingerprint density at radius 3 is 2.38 bits per heavy atom. The fraction of sp³-hybridized carbons (Fsp3) is 0.208. The molecule has 32 heavy (non-hydrogen) atoms. The number of hydrogen-bond acceptors (Lipinski definition) is 5. The Labute approximate surface area is 203 Å². The molecule has 0 saturated carbocycles. The number of nitrogens with one attached hydrogen (secondary N) is 1. The number of hydrogen-bond donors (Lipinski definition) is 2. The summed E-state index contributed by atoms with van der Waals surface area (Å²) in [7, 11) is 0. The number of rotatable bonds is 6. The van der Waals surface area contributed by atoms with Crippen molar-refractivity contribution in [1.29, 1.82) is 0 Å². The van der Waals surface area contributed by atoms with E-state index in [2.05, 4.69) is 27.9 Å². The number of anilines is 1. The molecule has 0 aliphatic heterocycles. The van der Waals surface area contributed by atoms with Crippen LogP contribution in [0.5, 0.6) is 0 Å². The normalized spacial score (nSPS) is 11.1. The number of amides is 1. The summed E-state index contributed by atoms with van der Waals surface area (Å²) in [5.74, 6) is -1.20. The summed E-state index contributed by atoms with van der Waals surface area (Å²) in [6, 6.07) is 16.1. The standard InChI is InChI=1S/C24H22INO5S/c1-24(2,3)31-23(30)26-18-11-15(9-10-17(18)25)21(29)19-12-16(13-20(27)28)22(32-19)14-7-5-4-6-8-14/h4-12H,13H2,1-3H3,(H,26,30)(H,27,28). The summed E-state index contributed by atoms with van der Waals surface area (Å²) in [5.41, 5.74) is 1.67. The fourth-order valence-electron chi connectivity index (χ4n) is 2.99. The lowest BCUT2D eigenvalue weighted by atomic mass is 10.0. The highest BCUT2D eigenvalue weighted by atomic mass is 127. The Hall–Kier alpha value is -2.72. The van der Waals surface area contributed by atoms with Crippen molar-refractivity contribution in [3.05, 3.63) is 74.2 Å². The van der Waals surface area contributed by atoms with Crippen LogP contribution in [0, 0.1) is 3.57 Å². The van der Waals surface area contributed by atoms with Crippen LogP contribution in [0.1, 0.15) is 41.6 Å². The number of carboxylic acids is 1. The van der Waals surface area contributed by atoms with E-state index in [1.807, 2.05) is 30.3 Å². The van der Waals surface area contributed by atoms with E-state index < -0.39 is 17.7 Å². The summed E-state index contributed by atoms with van der Waals surface area (Å²) < 4.78 is 6.05. The van der Waals surface area contributed by atoms with E-state index in [1.165, 1.54) is 11.3 Å². The van der Waals surface area contributed by atoms with Crippen molar-refractivity contribution < 1.29 is 24.2 Å². The minimum atomic E-state index is -0.961. The van der Waals surface area contributed by atoms with Gasteiger partial charge in [-0.15, -0.1) is 11.3 Å². The topological polar surface area (TPSA) is 92.7 Å². The maximum Gasteiger partial charge on any atom is 0.412 e. The summed E-state index contributed by atoms with van der Waals surface area (Å²) in [4.78, 5) is 37.9. The van der Waals surface area contributed by atoms with E-state index in [-0.39, 0.29) is 12.2 Å². The van der Waals surface area contributed by atoms with Crippen LogP contribution in [0.4, 0.5) is 10.5 Å². The second kappa shape index (κ2) is 9.83. The molecule has 6 nitrogen and oxygen atoms in total. The molecule has 0 radical (unpaired) electrons. The quantitative estimate of drug-likeness (QED) is 0.274. The predicted molar refractivity (Wildman–Crippen MR) is 134 cm³/mol. The molecular weight excluding hydrogens is 541 g/mol. The van der Waals surface area contributed by atoms with Crippen molar-refractivity contribution in [2.24, 2.45) is 0 Å². The number of thiophene rings is 1. The van der Waals surface area contributed by atoms with Crippen LogP contribution in [0.25, 0.3) is 10.4 Å². The summed E-state index contributed by atoms with van der Waals surface area (Å²) in [5, 5.41) is 12.0. The van der Waals surface area contributed by atoms with Crippen LogP contribution in [-0.4, -0.2) is 28.6 Å². The van der Waals surface area contributed by atoms with Gasteiger partial charge in [0.1, 0.15) is 5.60 Å². The highest BCUT2D eigenvalue weighted by molar-refractivity contribution is 14.1. The van der Waals surface area contributed by atoms with Crippen LogP contribution in [0.2, 0.25) is 0 Å². The molecule has 0 fully saturated rings. The first-order chi connectivity index (χ1) is 15.0. The minimum absolute atomic E-state index is 0.174. The van der Waals surface area contributed by atoms with Gasteiger partial charge in [-0.25, -0.2) is 4.79 Å². The largest absolute Gasteiger partial charge is 0.481 e. The monoisotopic (exact) mass is 563 g/mol. The molecule has 0 unspecified atom stereocenters. The zero-order valence-corrected chi connectivity index (χ0v) is 20.7. The molecule has 1 heterocycles. The maximum atomic E-state index is 13.2. The lowest BCUT2D eigenvalue weighted by Gasteiger charge is -2.20. The molecule has 0 aliphatic carbocycles. The van der Waals surface area contributed by atoms with E-state index in [4.69, 9.17) is 4.74 Å². The molecule has 1 amide bonds. The van der Waals surface area contributed by atoms with Gasteiger partial charge in [0.15, 0.2) is 0 Å². The van der Waals surface area contributed by atoms with Gasteiger partial charge in [-0.2, -0.15) is 0 Å². The molecule has 3 aromatic rings. The first-order valence-corrected chi connectivity index (χ1v) is 11.7.